The number of unbranched alkanes of at least 4 members (excludes halogenated alkanes) is 2. The Balaban J connectivity index is 3.86. The third-order valence-electron chi connectivity index (χ3n) is 2.48. The standard InChI is InChI=1S/C11H24N2O/c1-5-6-7-8-13(4)11(14)10(12)9(2)3/h9-10H,5-8,12H2,1-4H3/t10-/m1/s1. The first-order valence-corrected chi connectivity index (χ1v) is 5.51. The summed E-state index contributed by atoms with van der Waals surface area (Å²) in [6.45, 7) is 6.93. The van der Waals surface area contributed by atoms with Gasteiger partial charge in [0.2, 0.25) is 5.91 Å². The van der Waals surface area contributed by atoms with E-state index in [9.17, 15) is 4.79 Å². The molecule has 1 amide bonds. The summed E-state index contributed by atoms with van der Waals surface area (Å²) in [5, 5.41) is 0. The number of hydrogen-bond acceptors (Lipinski definition) is 2. The van der Waals surface area contributed by atoms with Crippen LogP contribution in [0, 0.1) is 5.92 Å². The molecule has 0 rings (SSSR count). The Kier molecular flexibility index (Phi) is 6.54. The van der Waals surface area contributed by atoms with Crippen LogP contribution in [0.3, 0.4) is 0 Å². The minimum absolute atomic E-state index is 0.0658. The van der Waals surface area contributed by atoms with E-state index in [4.69, 9.17) is 5.73 Å². The van der Waals surface area contributed by atoms with E-state index in [-0.39, 0.29) is 17.9 Å². The first kappa shape index (κ1) is 13.4. The summed E-state index contributed by atoms with van der Waals surface area (Å²) in [7, 11) is 1.83. The molecular formula is C11H24N2O. The molecule has 3 nitrogen and oxygen atoms in total. The van der Waals surface area contributed by atoms with Gasteiger partial charge in [0.05, 0.1) is 6.04 Å². The van der Waals surface area contributed by atoms with Crippen molar-refractivity contribution in [2.75, 3.05) is 13.6 Å². The lowest BCUT2D eigenvalue weighted by molar-refractivity contribution is -0.132. The maximum absolute atomic E-state index is 11.7. The Morgan fingerprint density at radius 3 is 2.36 bits per heavy atom. The maximum Gasteiger partial charge on any atom is 0.239 e. The molecule has 0 radical (unpaired) electrons. The van der Waals surface area contributed by atoms with Crippen LogP contribution in [0.15, 0.2) is 0 Å². The van der Waals surface area contributed by atoms with Gasteiger partial charge in [-0.15, -0.1) is 0 Å². The topological polar surface area (TPSA) is 46.3 Å². The van der Waals surface area contributed by atoms with E-state index in [2.05, 4.69) is 6.92 Å². The molecule has 0 fully saturated rings. The molecule has 0 spiro atoms. The number of hydrogen-bond donors (Lipinski definition) is 1. The number of nitrogens with two attached hydrogens (primary N) is 1. The molecule has 0 saturated carbocycles. The first-order chi connectivity index (χ1) is 6.50. The fraction of sp³-hybridized carbons (Fsp3) is 0.909. The van der Waals surface area contributed by atoms with Gasteiger partial charge in [0.1, 0.15) is 0 Å². The molecule has 0 aromatic heterocycles. The summed E-state index contributed by atoms with van der Waals surface area (Å²) in [5.74, 6) is 0.284. The van der Waals surface area contributed by atoms with Crippen LogP contribution < -0.4 is 5.73 Å². The lowest BCUT2D eigenvalue weighted by Crippen LogP contribution is -2.45. The van der Waals surface area contributed by atoms with E-state index >= 15 is 0 Å². The van der Waals surface area contributed by atoms with Gasteiger partial charge in [-0.05, 0) is 12.3 Å². The average Bonchev–Trinajstić information content (AvgIpc) is 2.15. The summed E-state index contributed by atoms with van der Waals surface area (Å²) >= 11 is 0. The highest BCUT2D eigenvalue weighted by atomic mass is 16.2. The van der Waals surface area contributed by atoms with Crippen LogP contribution in [0.25, 0.3) is 0 Å². The van der Waals surface area contributed by atoms with Crippen molar-refractivity contribution >= 4 is 5.91 Å². The smallest absolute Gasteiger partial charge is 0.239 e. The van der Waals surface area contributed by atoms with Crippen molar-refractivity contribution in [2.45, 2.75) is 46.1 Å². The number of nitrogens with zero attached hydrogens (tertiary/aromatic N) is 1. The van der Waals surface area contributed by atoms with Crippen molar-refractivity contribution < 1.29 is 4.79 Å². The van der Waals surface area contributed by atoms with Gasteiger partial charge >= 0.3 is 0 Å². The van der Waals surface area contributed by atoms with E-state index in [1.54, 1.807) is 4.90 Å². The fourth-order valence-corrected chi connectivity index (χ4v) is 1.25. The van der Waals surface area contributed by atoms with Crippen LogP contribution in [0.4, 0.5) is 0 Å². The van der Waals surface area contributed by atoms with Crippen molar-refractivity contribution in [3.8, 4) is 0 Å². The van der Waals surface area contributed by atoms with Crippen molar-refractivity contribution in [2.24, 2.45) is 11.7 Å². The summed E-state index contributed by atoms with van der Waals surface area (Å²) in [4.78, 5) is 13.4. The molecule has 0 bridgehead atoms. The lowest BCUT2D eigenvalue weighted by atomic mass is 10.0. The average molecular weight is 200 g/mol. The zero-order valence-electron chi connectivity index (χ0n) is 9.92. The Bertz CT molecular complexity index is 169. The maximum atomic E-state index is 11.7. The van der Waals surface area contributed by atoms with Gasteiger partial charge in [-0.1, -0.05) is 33.6 Å². The number of rotatable bonds is 6. The molecule has 0 aliphatic carbocycles. The molecule has 84 valence electrons. The Hall–Kier alpha value is -0.570. The van der Waals surface area contributed by atoms with Gasteiger partial charge in [-0.3, -0.25) is 4.79 Å². The number of likely N-dealkylation sites (N-methyl/N-ethyl adjacent to an activating group) is 1. The second kappa shape index (κ2) is 6.82. The summed E-state index contributed by atoms with van der Waals surface area (Å²) < 4.78 is 0. The van der Waals surface area contributed by atoms with E-state index in [0.717, 1.165) is 13.0 Å². The SMILES string of the molecule is CCCCCN(C)C(=O)[C@H](N)C(C)C. The van der Waals surface area contributed by atoms with E-state index in [0.29, 0.717) is 0 Å². The minimum atomic E-state index is -0.346. The predicted octanol–water partition coefficient (Wildman–Crippen LogP) is 1.62. The van der Waals surface area contributed by atoms with E-state index in [1.807, 2.05) is 20.9 Å². The van der Waals surface area contributed by atoms with Gasteiger partial charge in [0.25, 0.3) is 0 Å². The molecule has 0 aliphatic rings. The summed E-state index contributed by atoms with van der Waals surface area (Å²) in [5.41, 5.74) is 5.77. The third-order valence-corrected chi connectivity index (χ3v) is 2.48. The zero-order chi connectivity index (χ0) is 11.1. The van der Waals surface area contributed by atoms with Gasteiger partial charge < -0.3 is 10.6 Å². The van der Waals surface area contributed by atoms with Crippen LogP contribution in [0.5, 0.6) is 0 Å². The van der Waals surface area contributed by atoms with Crippen LogP contribution in [-0.2, 0) is 4.79 Å². The van der Waals surface area contributed by atoms with Crippen LogP contribution in [-0.4, -0.2) is 30.4 Å². The van der Waals surface area contributed by atoms with Gasteiger partial charge in [0, 0.05) is 13.6 Å². The number of carbonyl (C=O) groups excluding carboxylic acids is 1. The van der Waals surface area contributed by atoms with Crippen molar-refractivity contribution in [3.05, 3.63) is 0 Å². The second-order valence-electron chi connectivity index (χ2n) is 4.24. The minimum Gasteiger partial charge on any atom is -0.344 e. The van der Waals surface area contributed by atoms with Crippen LogP contribution >= 0.6 is 0 Å². The lowest BCUT2D eigenvalue weighted by Gasteiger charge is -2.23. The molecule has 0 aromatic carbocycles. The molecule has 14 heavy (non-hydrogen) atoms. The Labute approximate surface area is 87.6 Å². The second-order valence-corrected chi connectivity index (χ2v) is 4.24. The van der Waals surface area contributed by atoms with Crippen molar-refractivity contribution in [3.63, 3.8) is 0 Å². The predicted molar refractivity (Wildman–Crippen MR) is 60.0 cm³/mol. The van der Waals surface area contributed by atoms with Gasteiger partial charge in [-0.25, -0.2) is 0 Å². The molecule has 0 heterocycles. The number of carbonyl (C=O) groups is 1. The van der Waals surface area contributed by atoms with E-state index < -0.39 is 0 Å². The molecule has 3 heteroatoms. The molecule has 0 aliphatic heterocycles. The molecule has 0 saturated heterocycles. The van der Waals surface area contributed by atoms with E-state index in [1.165, 1.54) is 12.8 Å². The molecule has 1 atom stereocenters. The Morgan fingerprint density at radius 2 is 1.93 bits per heavy atom. The van der Waals surface area contributed by atoms with Crippen molar-refractivity contribution in [1.82, 2.24) is 4.90 Å². The molecular weight excluding hydrogens is 176 g/mol. The van der Waals surface area contributed by atoms with Gasteiger partial charge in [-0.2, -0.15) is 0 Å². The van der Waals surface area contributed by atoms with Crippen LogP contribution in [0.1, 0.15) is 40.0 Å². The normalized spacial score (nSPS) is 13.0. The third kappa shape index (κ3) is 4.61. The highest BCUT2D eigenvalue weighted by molar-refractivity contribution is 5.81. The highest BCUT2D eigenvalue weighted by Crippen LogP contribution is 2.04. The summed E-state index contributed by atoms with van der Waals surface area (Å²) in [6, 6.07) is -0.346. The first-order valence-electron chi connectivity index (χ1n) is 5.51. The molecule has 2 N–H and O–H groups in total. The fourth-order valence-electron chi connectivity index (χ4n) is 1.25. The monoisotopic (exact) mass is 200 g/mol. The Morgan fingerprint density at radius 1 is 1.36 bits per heavy atom. The molecule has 0 aromatic rings. The number of amides is 1. The highest BCUT2D eigenvalue weighted by Gasteiger charge is 2.20. The quantitative estimate of drug-likeness (QED) is 0.662. The van der Waals surface area contributed by atoms with Crippen LogP contribution in [0.2, 0.25) is 0 Å². The summed E-state index contributed by atoms with van der Waals surface area (Å²) in [6.07, 6.45) is 3.43. The largest absolute Gasteiger partial charge is 0.344 e. The van der Waals surface area contributed by atoms with Crippen molar-refractivity contribution in [1.29, 1.82) is 0 Å². The molecule has 0 unspecified atom stereocenters. The zero-order valence-corrected chi connectivity index (χ0v) is 9.92. The van der Waals surface area contributed by atoms with Gasteiger partial charge in [0.15, 0.2) is 0 Å².